The lowest BCUT2D eigenvalue weighted by molar-refractivity contribution is 1.25. The SMILES string of the molecule is Cc1ccnc(Nc2ccc[nH]c2=S)c1. The number of hydrogen-bond donors (Lipinski definition) is 2. The van der Waals surface area contributed by atoms with Gasteiger partial charge in [-0.25, -0.2) is 4.98 Å². The van der Waals surface area contributed by atoms with Gasteiger partial charge < -0.3 is 10.3 Å². The van der Waals surface area contributed by atoms with Crippen LogP contribution in [0.4, 0.5) is 11.5 Å². The summed E-state index contributed by atoms with van der Waals surface area (Å²) < 4.78 is 0.681. The van der Waals surface area contributed by atoms with Gasteiger partial charge in [-0.05, 0) is 36.8 Å². The standard InChI is InChI=1S/C11H11N3S/c1-8-4-6-12-10(7-8)14-9-3-2-5-13-11(9)15/h2-7H,1H3,(H,12,14)(H,13,15). The Labute approximate surface area is 93.2 Å². The summed E-state index contributed by atoms with van der Waals surface area (Å²) >= 11 is 5.14. The second kappa shape index (κ2) is 4.23. The highest BCUT2D eigenvalue weighted by molar-refractivity contribution is 7.71. The maximum atomic E-state index is 5.14. The van der Waals surface area contributed by atoms with E-state index in [-0.39, 0.29) is 0 Å². The molecule has 3 nitrogen and oxygen atoms in total. The lowest BCUT2D eigenvalue weighted by Crippen LogP contribution is -1.94. The molecule has 2 aromatic heterocycles. The summed E-state index contributed by atoms with van der Waals surface area (Å²) in [6.45, 7) is 2.03. The van der Waals surface area contributed by atoms with Gasteiger partial charge in [-0.2, -0.15) is 0 Å². The molecule has 0 radical (unpaired) electrons. The summed E-state index contributed by atoms with van der Waals surface area (Å²) in [5, 5.41) is 3.17. The third-order valence-corrected chi connectivity index (χ3v) is 2.33. The van der Waals surface area contributed by atoms with Gasteiger partial charge in [0.1, 0.15) is 10.5 Å². The number of aromatic nitrogens is 2. The van der Waals surface area contributed by atoms with Crippen LogP contribution < -0.4 is 5.32 Å². The van der Waals surface area contributed by atoms with Crippen molar-refractivity contribution in [1.82, 2.24) is 9.97 Å². The smallest absolute Gasteiger partial charge is 0.130 e. The van der Waals surface area contributed by atoms with E-state index < -0.39 is 0 Å². The predicted octanol–water partition coefficient (Wildman–Crippen LogP) is 3.19. The molecule has 76 valence electrons. The lowest BCUT2D eigenvalue weighted by Gasteiger charge is -2.05. The molecule has 0 atom stereocenters. The minimum atomic E-state index is 0.681. The van der Waals surface area contributed by atoms with Crippen molar-refractivity contribution in [2.45, 2.75) is 6.92 Å². The summed E-state index contributed by atoms with van der Waals surface area (Å²) in [6.07, 6.45) is 3.57. The Balaban J connectivity index is 2.30. The summed E-state index contributed by atoms with van der Waals surface area (Å²) in [5.41, 5.74) is 2.03. The van der Waals surface area contributed by atoms with Crippen molar-refractivity contribution in [2.75, 3.05) is 5.32 Å². The van der Waals surface area contributed by atoms with Crippen LogP contribution in [-0.2, 0) is 0 Å². The molecule has 2 heterocycles. The number of H-pyrrole nitrogens is 1. The van der Waals surface area contributed by atoms with Crippen molar-refractivity contribution in [3.63, 3.8) is 0 Å². The molecule has 2 aromatic rings. The maximum absolute atomic E-state index is 5.14. The molecule has 0 fully saturated rings. The van der Waals surface area contributed by atoms with Gasteiger partial charge in [-0.15, -0.1) is 0 Å². The first-order valence-electron chi connectivity index (χ1n) is 4.63. The molecule has 2 N–H and O–H groups in total. The first kappa shape index (κ1) is 9.86. The number of aromatic amines is 1. The van der Waals surface area contributed by atoms with Crippen LogP contribution in [-0.4, -0.2) is 9.97 Å². The first-order chi connectivity index (χ1) is 7.25. The van der Waals surface area contributed by atoms with Gasteiger partial charge in [0.2, 0.25) is 0 Å². The molecule has 0 aliphatic heterocycles. The topological polar surface area (TPSA) is 40.7 Å². The van der Waals surface area contributed by atoms with Crippen LogP contribution in [0.3, 0.4) is 0 Å². The zero-order chi connectivity index (χ0) is 10.7. The largest absolute Gasteiger partial charge is 0.351 e. The fraction of sp³-hybridized carbons (Fsp3) is 0.0909. The Morgan fingerprint density at radius 2 is 2.27 bits per heavy atom. The van der Waals surface area contributed by atoms with Crippen molar-refractivity contribution < 1.29 is 0 Å². The molecule has 0 saturated heterocycles. The second-order valence-corrected chi connectivity index (χ2v) is 3.66. The van der Waals surface area contributed by atoms with E-state index >= 15 is 0 Å². The van der Waals surface area contributed by atoms with Crippen LogP contribution in [0, 0.1) is 11.6 Å². The van der Waals surface area contributed by atoms with Gasteiger partial charge in [-0.1, -0.05) is 12.2 Å². The summed E-state index contributed by atoms with van der Waals surface area (Å²) in [4.78, 5) is 7.16. The van der Waals surface area contributed by atoms with Gasteiger partial charge >= 0.3 is 0 Å². The van der Waals surface area contributed by atoms with Crippen molar-refractivity contribution in [1.29, 1.82) is 0 Å². The molecule has 0 unspecified atom stereocenters. The van der Waals surface area contributed by atoms with Crippen LogP contribution in [0.1, 0.15) is 5.56 Å². The molecule has 0 saturated carbocycles. The van der Waals surface area contributed by atoms with Crippen molar-refractivity contribution >= 4 is 23.7 Å². The zero-order valence-electron chi connectivity index (χ0n) is 8.32. The molecule has 2 rings (SSSR count). The van der Waals surface area contributed by atoms with Gasteiger partial charge in [0, 0.05) is 12.4 Å². The van der Waals surface area contributed by atoms with Crippen molar-refractivity contribution in [2.24, 2.45) is 0 Å². The number of aryl methyl sites for hydroxylation is 1. The normalized spacial score (nSPS) is 9.93. The number of anilines is 2. The zero-order valence-corrected chi connectivity index (χ0v) is 9.14. The molecule has 0 aliphatic carbocycles. The Hall–Kier alpha value is -1.68. The molecule has 0 amide bonds. The van der Waals surface area contributed by atoms with E-state index in [4.69, 9.17) is 12.2 Å². The minimum absolute atomic E-state index is 0.681. The molecular weight excluding hydrogens is 206 g/mol. The van der Waals surface area contributed by atoms with E-state index in [9.17, 15) is 0 Å². The van der Waals surface area contributed by atoms with Gasteiger partial charge in [0.05, 0.1) is 5.69 Å². The highest BCUT2D eigenvalue weighted by Gasteiger charge is 1.97. The number of nitrogens with zero attached hydrogens (tertiary/aromatic N) is 1. The molecule has 0 bridgehead atoms. The van der Waals surface area contributed by atoms with E-state index in [1.165, 1.54) is 5.56 Å². The fourth-order valence-corrected chi connectivity index (χ4v) is 1.45. The first-order valence-corrected chi connectivity index (χ1v) is 5.04. The van der Waals surface area contributed by atoms with Crippen LogP contribution >= 0.6 is 12.2 Å². The monoisotopic (exact) mass is 217 g/mol. The average Bonchev–Trinajstić information content (AvgIpc) is 2.22. The highest BCUT2D eigenvalue weighted by atomic mass is 32.1. The average molecular weight is 217 g/mol. The molecule has 0 aliphatic rings. The van der Waals surface area contributed by atoms with Crippen LogP contribution in [0.5, 0.6) is 0 Å². The van der Waals surface area contributed by atoms with E-state index in [0.29, 0.717) is 4.64 Å². The lowest BCUT2D eigenvalue weighted by atomic mass is 10.3. The maximum Gasteiger partial charge on any atom is 0.130 e. The minimum Gasteiger partial charge on any atom is -0.351 e. The van der Waals surface area contributed by atoms with E-state index in [0.717, 1.165) is 11.5 Å². The van der Waals surface area contributed by atoms with E-state index in [1.807, 2.05) is 31.2 Å². The number of pyridine rings is 2. The molecule has 0 spiro atoms. The highest BCUT2D eigenvalue weighted by Crippen LogP contribution is 2.14. The predicted molar refractivity (Wildman–Crippen MR) is 63.9 cm³/mol. The van der Waals surface area contributed by atoms with Crippen molar-refractivity contribution in [3.8, 4) is 0 Å². The number of nitrogens with one attached hydrogen (secondary N) is 2. The molecule has 0 aromatic carbocycles. The van der Waals surface area contributed by atoms with Gasteiger partial charge in [0.25, 0.3) is 0 Å². The summed E-state index contributed by atoms with van der Waals surface area (Å²) in [7, 11) is 0. The Morgan fingerprint density at radius 1 is 1.40 bits per heavy atom. The Kier molecular flexibility index (Phi) is 2.78. The number of rotatable bonds is 2. The molecule has 15 heavy (non-hydrogen) atoms. The quantitative estimate of drug-likeness (QED) is 0.759. The molecule has 4 heteroatoms. The Morgan fingerprint density at radius 3 is 3.00 bits per heavy atom. The van der Waals surface area contributed by atoms with Gasteiger partial charge in [0.15, 0.2) is 0 Å². The summed E-state index contributed by atoms with van der Waals surface area (Å²) in [6, 6.07) is 7.75. The number of hydrogen-bond acceptors (Lipinski definition) is 3. The van der Waals surface area contributed by atoms with E-state index in [2.05, 4.69) is 15.3 Å². The van der Waals surface area contributed by atoms with Crippen LogP contribution in [0.25, 0.3) is 0 Å². The fourth-order valence-electron chi connectivity index (χ4n) is 1.26. The van der Waals surface area contributed by atoms with Crippen molar-refractivity contribution in [3.05, 3.63) is 46.9 Å². The molecular formula is C11H11N3S. The van der Waals surface area contributed by atoms with Crippen LogP contribution in [0.2, 0.25) is 0 Å². The third kappa shape index (κ3) is 2.41. The van der Waals surface area contributed by atoms with E-state index in [1.54, 1.807) is 12.4 Å². The van der Waals surface area contributed by atoms with Gasteiger partial charge in [-0.3, -0.25) is 0 Å². The van der Waals surface area contributed by atoms with Crippen LogP contribution in [0.15, 0.2) is 36.7 Å². The summed E-state index contributed by atoms with van der Waals surface area (Å²) in [5.74, 6) is 0.806. The second-order valence-electron chi connectivity index (χ2n) is 3.26. The Bertz CT molecular complexity index is 519. The third-order valence-electron chi connectivity index (χ3n) is 2.00.